The van der Waals surface area contributed by atoms with Crippen LogP contribution in [0.3, 0.4) is 0 Å². The van der Waals surface area contributed by atoms with E-state index in [1.807, 2.05) is 0 Å². The van der Waals surface area contributed by atoms with E-state index in [2.05, 4.69) is 6.92 Å². The Bertz CT molecular complexity index is 113. The zero-order valence-corrected chi connectivity index (χ0v) is 7.25. The third-order valence-corrected chi connectivity index (χ3v) is 3.42. The molecule has 0 saturated carbocycles. The van der Waals surface area contributed by atoms with E-state index in [1.54, 1.807) is 0 Å². The fourth-order valence-electron chi connectivity index (χ4n) is 0.352. The summed E-state index contributed by atoms with van der Waals surface area (Å²) in [5.74, 6) is 0.806. The Hall–Kier alpha value is 0.500. The maximum Gasteiger partial charge on any atom is 0.261 e. The third-order valence-electron chi connectivity index (χ3n) is 0.791. The molecule has 0 aliphatic rings. The Balaban J connectivity index is 3.18. The molecule has 4 N–H and O–H groups in total. The number of nitrogens with two attached hydrogens (primary N) is 2. The van der Waals surface area contributed by atoms with E-state index in [-0.39, 0.29) is 0 Å². The van der Waals surface area contributed by atoms with Crippen LogP contribution in [0.2, 0.25) is 0 Å². The maximum absolute atomic E-state index is 10.6. The van der Waals surface area contributed by atoms with Crippen LogP contribution in [0.5, 0.6) is 0 Å². The first-order chi connectivity index (χ1) is 4.06. The van der Waals surface area contributed by atoms with Crippen LogP contribution in [0.15, 0.2) is 0 Å². The highest BCUT2D eigenvalue weighted by molar-refractivity contribution is 8.56. The van der Waals surface area contributed by atoms with Crippen molar-refractivity contribution in [1.82, 2.24) is 0 Å². The van der Waals surface area contributed by atoms with E-state index in [0.29, 0.717) is 0 Å². The molecule has 5 heteroatoms. The molecule has 0 aromatic carbocycles. The second-order valence-corrected chi connectivity index (χ2v) is 6.28. The summed E-state index contributed by atoms with van der Waals surface area (Å²) >= 11 is 1.17. The van der Waals surface area contributed by atoms with E-state index < -0.39 is 6.65 Å². The largest absolute Gasteiger partial charge is 0.277 e. The molecular weight excluding hydrogens is 155 g/mol. The van der Waals surface area contributed by atoms with Crippen molar-refractivity contribution in [1.29, 1.82) is 0 Å². The minimum atomic E-state index is -2.78. The maximum atomic E-state index is 10.6. The van der Waals surface area contributed by atoms with E-state index in [0.717, 1.165) is 18.6 Å². The molecule has 0 rings (SSSR count). The zero-order valence-electron chi connectivity index (χ0n) is 5.54. The quantitative estimate of drug-likeness (QED) is 0.493. The van der Waals surface area contributed by atoms with Crippen LogP contribution in [-0.2, 0) is 4.57 Å². The summed E-state index contributed by atoms with van der Waals surface area (Å²) in [5.41, 5.74) is 10.1. The molecule has 0 aromatic heterocycles. The average Bonchev–Trinajstić information content (AvgIpc) is 1.63. The lowest BCUT2D eigenvalue weighted by molar-refractivity contribution is 0.586. The van der Waals surface area contributed by atoms with Gasteiger partial charge >= 0.3 is 0 Å². The molecular formula is C4H13N2OPS. The van der Waals surface area contributed by atoms with Crippen molar-refractivity contribution >= 4 is 18.0 Å². The van der Waals surface area contributed by atoms with E-state index >= 15 is 0 Å². The van der Waals surface area contributed by atoms with Gasteiger partial charge in [0, 0.05) is 5.75 Å². The molecule has 0 unspecified atom stereocenters. The number of unbranched alkanes of at least 4 members (excludes halogenated alkanes) is 1. The average molecular weight is 168 g/mol. The standard InChI is InChI=1S/C4H13N2OPS/c1-2-3-4-9-8(5,6)7/h2-4H2,1H3,(H4,5,6,7). The van der Waals surface area contributed by atoms with Crippen LogP contribution in [-0.4, -0.2) is 5.75 Å². The van der Waals surface area contributed by atoms with Gasteiger partial charge in [0.25, 0.3) is 6.65 Å². The van der Waals surface area contributed by atoms with Gasteiger partial charge in [-0.15, -0.1) is 0 Å². The second-order valence-electron chi connectivity index (χ2n) is 1.83. The summed E-state index contributed by atoms with van der Waals surface area (Å²) in [6.45, 7) is -0.711. The monoisotopic (exact) mass is 168 g/mol. The van der Waals surface area contributed by atoms with Gasteiger partial charge in [-0.2, -0.15) is 0 Å². The molecule has 0 aromatic rings. The first kappa shape index (κ1) is 9.50. The van der Waals surface area contributed by atoms with Gasteiger partial charge in [-0.25, -0.2) is 0 Å². The van der Waals surface area contributed by atoms with Gasteiger partial charge in [-0.1, -0.05) is 24.7 Å². The lowest BCUT2D eigenvalue weighted by Gasteiger charge is -2.02. The molecule has 0 saturated heterocycles. The summed E-state index contributed by atoms with van der Waals surface area (Å²) in [5, 5.41) is 0. The highest BCUT2D eigenvalue weighted by Gasteiger charge is 2.06. The van der Waals surface area contributed by atoms with Crippen molar-refractivity contribution in [3.8, 4) is 0 Å². The Morgan fingerprint density at radius 2 is 2.11 bits per heavy atom. The molecule has 0 heterocycles. The summed E-state index contributed by atoms with van der Waals surface area (Å²) in [7, 11) is 0. The van der Waals surface area contributed by atoms with Crippen molar-refractivity contribution in [2.75, 3.05) is 5.75 Å². The summed E-state index contributed by atoms with van der Waals surface area (Å²) in [4.78, 5) is 0. The molecule has 0 radical (unpaired) electrons. The molecule has 9 heavy (non-hydrogen) atoms. The molecule has 56 valence electrons. The molecule has 0 amide bonds. The first-order valence-electron chi connectivity index (χ1n) is 2.88. The van der Waals surface area contributed by atoms with Gasteiger partial charge in [0.15, 0.2) is 0 Å². The summed E-state index contributed by atoms with van der Waals surface area (Å²) < 4.78 is 10.6. The Kier molecular flexibility index (Phi) is 4.58. The van der Waals surface area contributed by atoms with Gasteiger partial charge in [0.05, 0.1) is 0 Å². The molecule has 0 fully saturated rings. The predicted octanol–water partition coefficient (Wildman–Crippen LogP) is 1.55. The fraction of sp³-hybridized carbons (Fsp3) is 1.00. The normalized spacial score (nSPS) is 11.9. The highest BCUT2D eigenvalue weighted by atomic mass is 32.7. The van der Waals surface area contributed by atoms with Gasteiger partial charge in [0.2, 0.25) is 0 Å². The van der Waals surface area contributed by atoms with E-state index in [1.165, 1.54) is 11.4 Å². The van der Waals surface area contributed by atoms with E-state index in [4.69, 9.17) is 11.0 Å². The Morgan fingerprint density at radius 3 is 2.44 bits per heavy atom. The minimum Gasteiger partial charge on any atom is -0.277 e. The highest BCUT2D eigenvalue weighted by Crippen LogP contribution is 2.42. The lowest BCUT2D eigenvalue weighted by Crippen LogP contribution is -2.00. The minimum absolute atomic E-state index is 0.806. The van der Waals surface area contributed by atoms with Crippen LogP contribution in [0.25, 0.3) is 0 Å². The topological polar surface area (TPSA) is 69.1 Å². The molecule has 3 nitrogen and oxygen atoms in total. The van der Waals surface area contributed by atoms with Crippen molar-refractivity contribution in [3.63, 3.8) is 0 Å². The fourth-order valence-corrected chi connectivity index (χ4v) is 2.30. The van der Waals surface area contributed by atoms with Gasteiger partial charge in [-0.3, -0.25) is 15.6 Å². The SMILES string of the molecule is CCCCSP(N)(N)=O. The zero-order chi connectivity index (χ0) is 7.33. The Labute approximate surface area is 59.8 Å². The van der Waals surface area contributed by atoms with Gasteiger partial charge in [0.1, 0.15) is 0 Å². The first-order valence-corrected chi connectivity index (χ1v) is 6.31. The summed E-state index contributed by atoms with van der Waals surface area (Å²) in [6.07, 6.45) is 2.12. The van der Waals surface area contributed by atoms with Crippen molar-refractivity contribution in [3.05, 3.63) is 0 Å². The molecule has 0 aliphatic heterocycles. The molecule has 0 atom stereocenters. The molecule has 0 aliphatic carbocycles. The van der Waals surface area contributed by atoms with Crippen LogP contribution < -0.4 is 11.0 Å². The summed E-state index contributed by atoms with van der Waals surface area (Å²) in [6, 6.07) is 0. The molecule has 0 spiro atoms. The number of hydrogen-bond donors (Lipinski definition) is 2. The number of rotatable bonds is 4. The van der Waals surface area contributed by atoms with E-state index in [9.17, 15) is 4.57 Å². The third kappa shape index (κ3) is 8.50. The predicted molar refractivity (Wildman–Crippen MR) is 43.3 cm³/mol. The van der Waals surface area contributed by atoms with Crippen LogP contribution in [0.4, 0.5) is 0 Å². The number of hydrogen-bond acceptors (Lipinski definition) is 2. The lowest BCUT2D eigenvalue weighted by atomic mass is 10.4. The van der Waals surface area contributed by atoms with Crippen LogP contribution >= 0.6 is 18.0 Å². The molecule has 0 bridgehead atoms. The van der Waals surface area contributed by atoms with Gasteiger partial charge < -0.3 is 0 Å². The van der Waals surface area contributed by atoms with Crippen molar-refractivity contribution in [2.24, 2.45) is 11.0 Å². The van der Waals surface area contributed by atoms with Crippen molar-refractivity contribution < 1.29 is 4.57 Å². The van der Waals surface area contributed by atoms with Crippen LogP contribution in [0.1, 0.15) is 19.8 Å². The van der Waals surface area contributed by atoms with Crippen molar-refractivity contribution in [2.45, 2.75) is 19.8 Å². The second kappa shape index (κ2) is 4.34. The smallest absolute Gasteiger partial charge is 0.261 e. The van der Waals surface area contributed by atoms with Gasteiger partial charge in [-0.05, 0) is 6.42 Å². The Morgan fingerprint density at radius 1 is 1.56 bits per heavy atom. The van der Waals surface area contributed by atoms with Crippen LogP contribution in [0, 0.1) is 0 Å².